The minimum absolute atomic E-state index is 0.0994. The second-order valence-corrected chi connectivity index (χ2v) is 4.34. The predicted octanol–water partition coefficient (Wildman–Crippen LogP) is 3.39. The Morgan fingerprint density at radius 1 is 1.27 bits per heavy atom. The monoisotopic (exact) mass is 272 g/mol. The van der Waals surface area contributed by atoms with E-state index in [1.807, 2.05) is 12.1 Å². The number of rotatable bonds is 6. The summed E-state index contributed by atoms with van der Waals surface area (Å²) in [7, 11) is 1.72. The third-order valence-corrected chi connectivity index (χ3v) is 2.94. The van der Waals surface area contributed by atoms with Crippen LogP contribution in [0.5, 0.6) is 5.75 Å². The average Bonchev–Trinajstić information content (AvgIpc) is 2.28. The van der Waals surface area contributed by atoms with E-state index in [-0.39, 0.29) is 5.01 Å². The van der Waals surface area contributed by atoms with Crippen LogP contribution in [0, 0.1) is 0 Å². The Balaban J connectivity index is 2.48. The van der Waals surface area contributed by atoms with Crippen LogP contribution in [0.1, 0.15) is 18.9 Å². The number of hydrogen-bond acceptors (Lipinski definition) is 2. The molecule has 0 heterocycles. The Hall–Kier alpha value is -0.540. The van der Waals surface area contributed by atoms with Crippen LogP contribution in [0.3, 0.4) is 0 Å². The maximum Gasteiger partial charge on any atom is 0.153 e. The van der Waals surface area contributed by atoms with Crippen molar-refractivity contribution in [1.82, 2.24) is 0 Å². The highest BCUT2D eigenvalue weighted by atomic mass is 79.9. The first-order valence-electron chi connectivity index (χ1n) is 5.15. The topological polar surface area (TPSA) is 18.5 Å². The fourth-order valence-electron chi connectivity index (χ4n) is 1.19. The van der Waals surface area contributed by atoms with Crippen LogP contribution in [0.4, 0.5) is 0 Å². The Labute approximate surface area is 99.7 Å². The molecule has 1 rings (SSSR count). The molecule has 0 aliphatic carbocycles. The van der Waals surface area contributed by atoms with Gasteiger partial charge in [-0.3, -0.25) is 0 Å². The smallest absolute Gasteiger partial charge is 0.153 e. The standard InChI is InChI=1S/C12H17BrO2/c1-3-12(13)15-11-6-4-10(5-7-11)8-9-14-2/h4-7,12H,3,8-9H2,1-2H3. The number of benzene rings is 1. The van der Waals surface area contributed by atoms with Crippen LogP contribution in [-0.4, -0.2) is 18.7 Å². The Morgan fingerprint density at radius 3 is 2.47 bits per heavy atom. The molecule has 0 aromatic heterocycles. The lowest BCUT2D eigenvalue weighted by Crippen LogP contribution is -2.05. The fourth-order valence-corrected chi connectivity index (χ4v) is 1.40. The zero-order valence-electron chi connectivity index (χ0n) is 9.20. The van der Waals surface area contributed by atoms with Gasteiger partial charge >= 0.3 is 0 Å². The lowest BCUT2D eigenvalue weighted by atomic mass is 10.1. The molecular formula is C12H17BrO2. The molecule has 0 radical (unpaired) electrons. The summed E-state index contributed by atoms with van der Waals surface area (Å²) in [4.78, 5) is 0. The molecule has 3 heteroatoms. The van der Waals surface area contributed by atoms with Crippen molar-refractivity contribution in [3.8, 4) is 5.75 Å². The molecule has 0 aliphatic rings. The first-order valence-corrected chi connectivity index (χ1v) is 6.06. The molecule has 0 N–H and O–H groups in total. The Bertz CT molecular complexity index is 271. The highest BCUT2D eigenvalue weighted by Crippen LogP contribution is 2.17. The van der Waals surface area contributed by atoms with Gasteiger partial charge < -0.3 is 9.47 Å². The quantitative estimate of drug-likeness (QED) is 0.740. The largest absolute Gasteiger partial charge is 0.479 e. The van der Waals surface area contributed by atoms with Crippen molar-refractivity contribution in [2.24, 2.45) is 0 Å². The van der Waals surface area contributed by atoms with E-state index < -0.39 is 0 Å². The summed E-state index contributed by atoms with van der Waals surface area (Å²) in [5, 5.41) is 0.0994. The molecule has 2 nitrogen and oxygen atoms in total. The van der Waals surface area contributed by atoms with Gasteiger partial charge in [-0.1, -0.05) is 19.1 Å². The van der Waals surface area contributed by atoms with Crippen LogP contribution in [0.25, 0.3) is 0 Å². The first-order chi connectivity index (χ1) is 7.26. The summed E-state index contributed by atoms with van der Waals surface area (Å²) in [6.07, 6.45) is 1.90. The van der Waals surface area contributed by atoms with Gasteiger partial charge in [0.2, 0.25) is 0 Å². The fraction of sp³-hybridized carbons (Fsp3) is 0.500. The molecule has 0 bridgehead atoms. The van der Waals surface area contributed by atoms with Crippen LogP contribution in [0.15, 0.2) is 24.3 Å². The van der Waals surface area contributed by atoms with E-state index in [0.29, 0.717) is 0 Å². The van der Waals surface area contributed by atoms with Gasteiger partial charge in [0, 0.05) is 7.11 Å². The highest BCUT2D eigenvalue weighted by Gasteiger charge is 2.02. The summed E-state index contributed by atoms with van der Waals surface area (Å²) in [6.45, 7) is 2.84. The van der Waals surface area contributed by atoms with E-state index in [1.54, 1.807) is 7.11 Å². The van der Waals surface area contributed by atoms with Gasteiger partial charge in [-0.25, -0.2) is 0 Å². The normalized spacial score (nSPS) is 12.5. The van der Waals surface area contributed by atoms with Gasteiger partial charge in [-0.05, 0) is 46.5 Å². The second-order valence-electron chi connectivity index (χ2n) is 3.32. The van der Waals surface area contributed by atoms with E-state index in [0.717, 1.165) is 25.2 Å². The molecule has 1 aromatic rings. The minimum Gasteiger partial charge on any atom is -0.479 e. The summed E-state index contributed by atoms with van der Waals surface area (Å²) in [6, 6.07) is 8.14. The number of ether oxygens (including phenoxy) is 2. The third kappa shape index (κ3) is 4.67. The lowest BCUT2D eigenvalue weighted by Gasteiger charge is -2.11. The number of alkyl halides is 1. The summed E-state index contributed by atoms with van der Waals surface area (Å²) < 4.78 is 10.6. The Morgan fingerprint density at radius 2 is 1.93 bits per heavy atom. The van der Waals surface area contributed by atoms with E-state index >= 15 is 0 Å². The molecule has 0 saturated carbocycles. The molecule has 15 heavy (non-hydrogen) atoms. The molecule has 1 atom stereocenters. The van der Waals surface area contributed by atoms with E-state index in [9.17, 15) is 0 Å². The molecule has 0 spiro atoms. The minimum atomic E-state index is 0.0994. The van der Waals surface area contributed by atoms with Crippen molar-refractivity contribution in [2.75, 3.05) is 13.7 Å². The molecular weight excluding hydrogens is 256 g/mol. The first kappa shape index (κ1) is 12.5. The van der Waals surface area contributed by atoms with Gasteiger partial charge in [0.25, 0.3) is 0 Å². The highest BCUT2D eigenvalue weighted by molar-refractivity contribution is 9.09. The third-order valence-electron chi connectivity index (χ3n) is 2.10. The molecule has 0 aliphatic heterocycles. The number of hydrogen-bond donors (Lipinski definition) is 0. The van der Waals surface area contributed by atoms with Crippen LogP contribution < -0.4 is 4.74 Å². The SMILES string of the molecule is CCC(Br)Oc1ccc(CCOC)cc1. The van der Waals surface area contributed by atoms with Crippen molar-refractivity contribution in [3.63, 3.8) is 0 Å². The van der Waals surface area contributed by atoms with Crippen LogP contribution >= 0.6 is 15.9 Å². The van der Waals surface area contributed by atoms with Crippen LogP contribution in [0.2, 0.25) is 0 Å². The van der Waals surface area contributed by atoms with Crippen LogP contribution in [-0.2, 0) is 11.2 Å². The molecule has 1 unspecified atom stereocenters. The maximum absolute atomic E-state index is 5.61. The molecule has 84 valence electrons. The van der Waals surface area contributed by atoms with E-state index in [1.165, 1.54) is 5.56 Å². The van der Waals surface area contributed by atoms with Gasteiger partial charge in [0.15, 0.2) is 5.01 Å². The van der Waals surface area contributed by atoms with Crippen molar-refractivity contribution in [2.45, 2.75) is 24.8 Å². The number of halogens is 1. The molecule has 1 aromatic carbocycles. The zero-order chi connectivity index (χ0) is 11.1. The van der Waals surface area contributed by atoms with Crippen molar-refractivity contribution in [1.29, 1.82) is 0 Å². The zero-order valence-corrected chi connectivity index (χ0v) is 10.8. The van der Waals surface area contributed by atoms with Crippen molar-refractivity contribution >= 4 is 15.9 Å². The Kier molecular flexibility index (Phi) is 5.73. The van der Waals surface area contributed by atoms with Gasteiger partial charge in [-0.2, -0.15) is 0 Å². The summed E-state index contributed by atoms with van der Waals surface area (Å²) in [5.74, 6) is 0.903. The molecule has 0 amide bonds. The molecule has 0 saturated heterocycles. The number of methoxy groups -OCH3 is 1. The lowest BCUT2D eigenvalue weighted by molar-refractivity contribution is 0.202. The van der Waals surface area contributed by atoms with Crippen molar-refractivity contribution in [3.05, 3.63) is 29.8 Å². The maximum atomic E-state index is 5.61. The van der Waals surface area contributed by atoms with Gasteiger partial charge in [-0.15, -0.1) is 0 Å². The van der Waals surface area contributed by atoms with E-state index in [2.05, 4.69) is 35.0 Å². The predicted molar refractivity (Wildman–Crippen MR) is 65.7 cm³/mol. The van der Waals surface area contributed by atoms with Crippen molar-refractivity contribution < 1.29 is 9.47 Å². The molecule has 0 fully saturated rings. The average molecular weight is 273 g/mol. The van der Waals surface area contributed by atoms with E-state index in [4.69, 9.17) is 9.47 Å². The summed E-state index contributed by atoms with van der Waals surface area (Å²) >= 11 is 3.43. The summed E-state index contributed by atoms with van der Waals surface area (Å²) in [5.41, 5.74) is 1.27. The van der Waals surface area contributed by atoms with Gasteiger partial charge in [0.1, 0.15) is 5.75 Å². The second kappa shape index (κ2) is 6.85. The van der Waals surface area contributed by atoms with Gasteiger partial charge in [0.05, 0.1) is 6.61 Å².